The molecule has 8 nitrogen and oxygen atoms in total. The Kier molecular flexibility index (Phi) is 8.19. The van der Waals surface area contributed by atoms with E-state index in [4.69, 9.17) is 21.7 Å². The van der Waals surface area contributed by atoms with Crippen molar-refractivity contribution in [2.24, 2.45) is 0 Å². The van der Waals surface area contributed by atoms with E-state index >= 15 is 0 Å². The van der Waals surface area contributed by atoms with Crippen molar-refractivity contribution < 1.29 is 41.4 Å². The van der Waals surface area contributed by atoms with E-state index in [0.29, 0.717) is 48.6 Å². The molecule has 39 heavy (non-hydrogen) atoms. The maximum absolute atomic E-state index is 13.9. The Labute approximate surface area is 225 Å². The van der Waals surface area contributed by atoms with Crippen LogP contribution < -0.4 is 20.1 Å². The quantitative estimate of drug-likeness (QED) is 0.239. The van der Waals surface area contributed by atoms with E-state index in [9.17, 15) is 31.9 Å². The summed E-state index contributed by atoms with van der Waals surface area (Å²) in [7, 11) is 0. The highest BCUT2D eigenvalue weighted by Gasteiger charge is 2.35. The summed E-state index contributed by atoms with van der Waals surface area (Å²) >= 11 is 4.79. The first-order valence-electron chi connectivity index (χ1n) is 11.9. The Bertz CT molecular complexity index is 1330. The van der Waals surface area contributed by atoms with Crippen LogP contribution in [0, 0.1) is 5.82 Å². The van der Waals surface area contributed by atoms with Crippen LogP contribution in [0.3, 0.4) is 0 Å². The number of carbonyl (C=O) groups is 3. The fourth-order valence-corrected chi connectivity index (χ4v) is 4.36. The minimum atomic E-state index is -4.84. The molecule has 2 N–H and O–H groups in total. The fourth-order valence-electron chi connectivity index (χ4n) is 4.17. The van der Waals surface area contributed by atoms with Crippen LogP contribution in [0.4, 0.5) is 17.6 Å². The SMILES string of the molecule is CCOc1cc(C=C2C(=O)NC(=S)NC2=O)ccc1OC1CCN(C(=O)c2ccc(C(F)(F)F)c(F)c2)CC1. The molecule has 0 atom stereocenters. The van der Waals surface area contributed by atoms with Gasteiger partial charge in [-0.1, -0.05) is 6.07 Å². The van der Waals surface area contributed by atoms with Gasteiger partial charge in [-0.05, 0) is 61.1 Å². The molecule has 4 rings (SSSR count). The van der Waals surface area contributed by atoms with Crippen molar-refractivity contribution in [1.82, 2.24) is 15.5 Å². The van der Waals surface area contributed by atoms with Gasteiger partial charge in [-0.25, -0.2) is 4.39 Å². The highest BCUT2D eigenvalue weighted by molar-refractivity contribution is 7.80. The summed E-state index contributed by atoms with van der Waals surface area (Å²) in [6.07, 6.45) is -2.90. The third-order valence-electron chi connectivity index (χ3n) is 6.07. The molecular weight excluding hydrogens is 542 g/mol. The predicted octanol–water partition coefficient (Wildman–Crippen LogP) is 3.84. The lowest BCUT2D eigenvalue weighted by Crippen LogP contribution is -2.51. The summed E-state index contributed by atoms with van der Waals surface area (Å²) in [6, 6.07) is 7.05. The number of hydrogen-bond donors (Lipinski definition) is 2. The second-order valence-corrected chi connectivity index (χ2v) is 9.14. The summed E-state index contributed by atoms with van der Waals surface area (Å²) in [5.41, 5.74) is -1.19. The van der Waals surface area contributed by atoms with Crippen LogP contribution in [0.5, 0.6) is 11.5 Å². The molecule has 2 aromatic rings. The predicted molar refractivity (Wildman–Crippen MR) is 135 cm³/mol. The third kappa shape index (κ3) is 6.53. The minimum Gasteiger partial charge on any atom is -0.490 e. The Hall–Kier alpha value is -4.00. The summed E-state index contributed by atoms with van der Waals surface area (Å²) in [5, 5.41) is 4.66. The maximum Gasteiger partial charge on any atom is 0.419 e. The molecule has 2 aliphatic heterocycles. The van der Waals surface area contributed by atoms with Crippen LogP contribution in [-0.4, -0.2) is 53.5 Å². The molecule has 0 radical (unpaired) electrons. The van der Waals surface area contributed by atoms with Crippen LogP contribution in [0.15, 0.2) is 42.0 Å². The molecule has 2 fully saturated rings. The number of piperidine rings is 1. The normalized spacial score (nSPS) is 16.5. The number of thiocarbonyl (C=S) groups is 1. The number of nitrogens with one attached hydrogen (secondary N) is 2. The van der Waals surface area contributed by atoms with E-state index in [1.165, 1.54) is 11.0 Å². The van der Waals surface area contributed by atoms with Crippen molar-refractivity contribution in [2.75, 3.05) is 19.7 Å². The molecule has 0 saturated carbocycles. The first-order chi connectivity index (χ1) is 18.5. The molecular formula is C26H23F4N3O5S. The number of amides is 3. The lowest BCUT2D eigenvalue weighted by atomic mass is 10.0. The number of benzene rings is 2. The van der Waals surface area contributed by atoms with Gasteiger partial charge in [0, 0.05) is 31.5 Å². The van der Waals surface area contributed by atoms with Crippen LogP contribution in [0.25, 0.3) is 6.08 Å². The number of ether oxygens (including phenoxy) is 2. The van der Waals surface area contributed by atoms with Crippen LogP contribution in [0.1, 0.15) is 41.3 Å². The number of nitrogens with zero attached hydrogens (tertiary/aromatic N) is 1. The van der Waals surface area contributed by atoms with Gasteiger partial charge in [0.05, 0.1) is 12.2 Å². The van der Waals surface area contributed by atoms with Gasteiger partial charge in [0.15, 0.2) is 16.6 Å². The van der Waals surface area contributed by atoms with Crippen LogP contribution in [0.2, 0.25) is 0 Å². The van der Waals surface area contributed by atoms with Crippen LogP contribution >= 0.6 is 12.2 Å². The van der Waals surface area contributed by atoms with E-state index in [2.05, 4.69) is 10.6 Å². The monoisotopic (exact) mass is 565 g/mol. The Morgan fingerprint density at radius 3 is 2.33 bits per heavy atom. The molecule has 0 unspecified atom stereocenters. The number of carbonyl (C=O) groups excluding carboxylic acids is 3. The number of halogens is 4. The molecule has 0 spiro atoms. The Morgan fingerprint density at radius 1 is 1.08 bits per heavy atom. The number of hydrogen-bond acceptors (Lipinski definition) is 6. The average molecular weight is 566 g/mol. The largest absolute Gasteiger partial charge is 0.490 e. The molecule has 2 heterocycles. The lowest BCUT2D eigenvalue weighted by molar-refractivity contribution is -0.140. The zero-order chi connectivity index (χ0) is 28.3. The molecule has 2 saturated heterocycles. The lowest BCUT2D eigenvalue weighted by Gasteiger charge is -2.32. The van der Waals surface area contributed by atoms with Gasteiger partial charge in [-0.15, -0.1) is 0 Å². The van der Waals surface area contributed by atoms with E-state index < -0.39 is 35.3 Å². The summed E-state index contributed by atoms with van der Waals surface area (Å²) in [4.78, 5) is 38.4. The first-order valence-corrected chi connectivity index (χ1v) is 12.3. The smallest absolute Gasteiger partial charge is 0.419 e. The summed E-state index contributed by atoms with van der Waals surface area (Å²) < 4.78 is 64.1. The van der Waals surface area contributed by atoms with Gasteiger partial charge in [0.2, 0.25) is 0 Å². The summed E-state index contributed by atoms with van der Waals surface area (Å²) in [6.45, 7) is 2.62. The highest BCUT2D eigenvalue weighted by Crippen LogP contribution is 2.33. The van der Waals surface area contributed by atoms with Crippen molar-refractivity contribution in [3.05, 3.63) is 64.5 Å². The van der Waals surface area contributed by atoms with Gasteiger partial charge >= 0.3 is 6.18 Å². The Balaban J connectivity index is 1.41. The van der Waals surface area contributed by atoms with E-state index in [0.717, 1.165) is 6.07 Å². The van der Waals surface area contributed by atoms with Gasteiger partial charge < -0.3 is 14.4 Å². The van der Waals surface area contributed by atoms with E-state index in [1.54, 1.807) is 25.1 Å². The van der Waals surface area contributed by atoms with Crippen molar-refractivity contribution in [3.8, 4) is 11.5 Å². The van der Waals surface area contributed by atoms with Crippen molar-refractivity contribution in [2.45, 2.75) is 32.0 Å². The molecule has 3 amide bonds. The highest BCUT2D eigenvalue weighted by atomic mass is 32.1. The molecule has 0 bridgehead atoms. The summed E-state index contributed by atoms with van der Waals surface area (Å²) in [5.74, 6) is -2.50. The van der Waals surface area contributed by atoms with Gasteiger partial charge in [0.25, 0.3) is 17.7 Å². The van der Waals surface area contributed by atoms with Crippen molar-refractivity contribution in [1.29, 1.82) is 0 Å². The standard InChI is InChI=1S/C26H23F4N3O5S/c1-2-37-21-12-14(11-17-22(34)31-25(39)32-23(17)35)3-6-20(21)38-16-7-9-33(10-8-16)24(36)15-4-5-18(19(27)13-15)26(28,29)30/h3-6,11-13,16H,2,7-10H2,1H3,(H2,31,32,34,35,39). The molecule has 0 aliphatic carbocycles. The third-order valence-corrected chi connectivity index (χ3v) is 6.27. The first kappa shape index (κ1) is 28.0. The van der Waals surface area contributed by atoms with Gasteiger partial charge in [-0.2, -0.15) is 13.2 Å². The van der Waals surface area contributed by atoms with Crippen LogP contribution in [-0.2, 0) is 15.8 Å². The van der Waals surface area contributed by atoms with E-state index in [1.807, 2.05) is 0 Å². The van der Waals surface area contributed by atoms with Gasteiger partial charge in [0.1, 0.15) is 17.5 Å². The zero-order valence-electron chi connectivity index (χ0n) is 20.6. The minimum absolute atomic E-state index is 0.0693. The topological polar surface area (TPSA) is 97.0 Å². The number of likely N-dealkylation sites (tertiary alicyclic amines) is 1. The zero-order valence-corrected chi connectivity index (χ0v) is 21.4. The van der Waals surface area contributed by atoms with Gasteiger partial charge in [-0.3, -0.25) is 25.0 Å². The number of rotatable bonds is 6. The van der Waals surface area contributed by atoms with E-state index in [-0.39, 0.29) is 35.4 Å². The second-order valence-electron chi connectivity index (χ2n) is 8.74. The molecule has 2 aromatic carbocycles. The van der Waals surface area contributed by atoms with Crippen molar-refractivity contribution >= 4 is 41.1 Å². The maximum atomic E-state index is 13.9. The molecule has 2 aliphatic rings. The molecule has 0 aromatic heterocycles. The molecule has 206 valence electrons. The fraction of sp³-hybridized carbons (Fsp3) is 0.308. The average Bonchev–Trinajstić information content (AvgIpc) is 2.87. The second kappa shape index (κ2) is 11.4. The van der Waals surface area contributed by atoms with Crippen molar-refractivity contribution in [3.63, 3.8) is 0 Å². The molecule has 13 heteroatoms. The number of alkyl halides is 3. The Morgan fingerprint density at radius 2 is 1.74 bits per heavy atom.